The maximum Gasteiger partial charge on any atom is 0.338 e. The number of nitrogens with two attached hydrogens (primary N) is 1. The molecule has 0 aromatic carbocycles. The van der Waals surface area contributed by atoms with Crippen LogP contribution in [0.3, 0.4) is 0 Å². The maximum absolute atomic E-state index is 12.0. The first kappa shape index (κ1) is 21.9. The normalized spacial score (nSPS) is 16.0. The van der Waals surface area contributed by atoms with Crippen LogP contribution in [0, 0.1) is 11.3 Å². The van der Waals surface area contributed by atoms with Crippen molar-refractivity contribution < 1.29 is 9.53 Å². The van der Waals surface area contributed by atoms with Crippen LogP contribution < -0.4 is 11.3 Å². The standard InChI is InChI=1S/C19H36N2O2/c1-8-15(17(21-20)12-13-19(5,6)7)10-11-16(9-2)18(22)23-14(3)4/h9-11,14-15,17,21H,8,12-13,20H2,1-7H3. The van der Waals surface area contributed by atoms with Crippen LogP contribution in [0.25, 0.3) is 0 Å². The molecule has 2 unspecified atom stereocenters. The number of hydrogen-bond donors (Lipinski definition) is 2. The molecule has 4 heteroatoms. The van der Waals surface area contributed by atoms with Crippen LogP contribution in [0.4, 0.5) is 0 Å². The van der Waals surface area contributed by atoms with E-state index in [0.29, 0.717) is 5.57 Å². The van der Waals surface area contributed by atoms with Gasteiger partial charge < -0.3 is 4.74 Å². The summed E-state index contributed by atoms with van der Waals surface area (Å²) in [6.07, 6.45) is 8.67. The number of hydrazine groups is 1. The van der Waals surface area contributed by atoms with Crippen LogP contribution in [0.5, 0.6) is 0 Å². The summed E-state index contributed by atoms with van der Waals surface area (Å²) in [6.45, 7) is 14.4. The molecule has 0 aliphatic rings. The summed E-state index contributed by atoms with van der Waals surface area (Å²) in [7, 11) is 0. The highest BCUT2D eigenvalue weighted by molar-refractivity contribution is 5.91. The van der Waals surface area contributed by atoms with Crippen LogP contribution in [-0.4, -0.2) is 18.1 Å². The molecule has 0 saturated carbocycles. The topological polar surface area (TPSA) is 64.3 Å². The second kappa shape index (κ2) is 10.6. The van der Waals surface area contributed by atoms with Gasteiger partial charge in [0.2, 0.25) is 0 Å². The Kier molecular flexibility index (Phi) is 10.1. The van der Waals surface area contributed by atoms with Gasteiger partial charge in [-0.2, -0.15) is 0 Å². The molecule has 0 radical (unpaired) electrons. The van der Waals surface area contributed by atoms with E-state index in [4.69, 9.17) is 10.6 Å². The van der Waals surface area contributed by atoms with Crippen molar-refractivity contribution in [3.63, 3.8) is 0 Å². The molecule has 0 aromatic rings. The minimum atomic E-state index is -0.277. The maximum atomic E-state index is 12.0. The Morgan fingerprint density at radius 3 is 2.30 bits per heavy atom. The van der Waals surface area contributed by atoms with Gasteiger partial charge in [-0.05, 0) is 51.4 Å². The highest BCUT2D eigenvalue weighted by atomic mass is 16.5. The van der Waals surface area contributed by atoms with Crippen molar-refractivity contribution in [2.24, 2.45) is 17.2 Å². The molecular weight excluding hydrogens is 288 g/mol. The fourth-order valence-corrected chi connectivity index (χ4v) is 2.36. The Hall–Kier alpha value is -1.13. The van der Waals surface area contributed by atoms with Gasteiger partial charge in [-0.1, -0.05) is 45.9 Å². The predicted molar refractivity (Wildman–Crippen MR) is 97.7 cm³/mol. The van der Waals surface area contributed by atoms with Crippen molar-refractivity contribution in [3.05, 3.63) is 23.8 Å². The van der Waals surface area contributed by atoms with Crippen molar-refractivity contribution in [3.8, 4) is 0 Å². The number of allylic oxidation sites excluding steroid dienone is 1. The zero-order valence-corrected chi connectivity index (χ0v) is 16.0. The molecule has 23 heavy (non-hydrogen) atoms. The van der Waals surface area contributed by atoms with Crippen LogP contribution in [0.1, 0.15) is 67.7 Å². The minimum Gasteiger partial charge on any atom is -0.459 e. The van der Waals surface area contributed by atoms with Crippen molar-refractivity contribution in [2.45, 2.75) is 79.9 Å². The first-order chi connectivity index (χ1) is 10.6. The van der Waals surface area contributed by atoms with E-state index in [0.717, 1.165) is 19.3 Å². The fourth-order valence-electron chi connectivity index (χ4n) is 2.36. The Bertz CT molecular complexity index is 406. The van der Waals surface area contributed by atoms with Gasteiger partial charge in [0.15, 0.2) is 0 Å². The van der Waals surface area contributed by atoms with E-state index in [1.165, 1.54) is 0 Å². The summed E-state index contributed by atoms with van der Waals surface area (Å²) in [5.41, 5.74) is 3.81. The third kappa shape index (κ3) is 9.57. The van der Waals surface area contributed by atoms with E-state index in [1.54, 1.807) is 6.08 Å². The number of nitrogens with one attached hydrogen (secondary N) is 1. The molecule has 4 nitrogen and oxygen atoms in total. The lowest BCUT2D eigenvalue weighted by Gasteiger charge is -2.27. The molecule has 134 valence electrons. The van der Waals surface area contributed by atoms with Gasteiger partial charge in [-0.25, -0.2) is 4.79 Å². The van der Waals surface area contributed by atoms with E-state index in [2.05, 4.69) is 39.2 Å². The average Bonchev–Trinajstić information content (AvgIpc) is 2.44. The quantitative estimate of drug-likeness (QED) is 0.220. The molecule has 2 atom stereocenters. The van der Waals surface area contributed by atoms with E-state index >= 15 is 0 Å². The smallest absolute Gasteiger partial charge is 0.338 e. The highest BCUT2D eigenvalue weighted by Crippen LogP contribution is 2.25. The molecule has 0 amide bonds. The largest absolute Gasteiger partial charge is 0.459 e. The lowest BCUT2D eigenvalue weighted by molar-refractivity contribution is -0.142. The summed E-state index contributed by atoms with van der Waals surface area (Å²) in [4.78, 5) is 12.0. The van der Waals surface area contributed by atoms with Crippen molar-refractivity contribution in [1.82, 2.24) is 5.43 Å². The Morgan fingerprint density at radius 1 is 1.30 bits per heavy atom. The zero-order valence-electron chi connectivity index (χ0n) is 16.0. The van der Waals surface area contributed by atoms with Crippen LogP contribution in [-0.2, 0) is 9.53 Å². The lowest BCUT2D eigenvalue weighted by Crippen LogP contribution is -2.40. The molecular formula is C19H36N2O2. The molecule has 0 spiro atoms. The van der Waals surface area contributed by atoms with Crippen LogP contribution >= 0.6 is 0 Å². The van der Waals surface area contributed by atoms with Gasteiger partial charge in [-0.3, -0.25) is 11.3 Å². The third-order valence-electron chi connectivity index (χ3n) is 3.82. The SMILES string of the molecule is CC=C(C=CC(CC)C(CCC(C)(C)C)NN)C(=O)OC(C)C. The number of rotatable bonds is 9. The van der Waals surface area contributed by atoms with E-state index in [9.17, 15) is 4.79 Å². The molecule has 0 fully saturated rings. The van der Waals surface area contributed by atoms with E-state index in [1.807, 2.05) is 26.8 Å². The van der Waals surface area contributed by atoms with Gasteiger partial charge in [0.05, 0.1) is 11.7 Å². The van der Waals surface area contributed by atoms with Gasteiger partial charge in [0, 0.05) is 6.04 Å². The molecule has 3 N–H and O–H groups in total. The van der Waals surface area contributed by atoms with Crippen LogP contribution in [0.2, 0.25) is 0 Å². The summed E-state index contributed by atoms with van der Waals surface area (Å²) in [6, 6.07) is 0.203. The van der Waals surface area contributed by atoms with E-state index < -0.39 is 0 Å². The first-order valence-corrected chi connectivity index (χ1v) is 8.66. The van der Waals surface area contributed by atoms with Gasteiger partial charge in [-0.15, -0.1) is 0 Å². The number of esters is 1. The summed E-state index contributed by atoms with van der Waals surface area (Å²) >= 11 is 0. The van der Waals surface area contributed by atoms with Gasteiger partial charge in [0.25, 0.3) is 0 Å². The molecule has 0 heterocycles. The van der Waals surface area contributed by atoms with Crippen LogP contribution in [0.15, 0.2) is 23.8 Å². The number of carbonyl (C=O) groups excluding carboxylic acids is 1. The lowest BCUT2D eigenvalue weighted by atomic mass is 9.84. The highest BCUT2D eigenvalue weighted by Gasteiger charge is 2.20. The second-order valence-electron chi connectivity index (χ2n) is 7.50. The number of ether oxygens (including phenoxy) is 1. The molecule has 0 aliphatic carbocycles. The van der Waals surface area contributed by atoms with E-state index in [-0.39, 0.29) is 29.4 Å². The first-order valence-electron chi connectivity index (χ1n) is 8.66. The number of hydrogen-bond acceptors (Lipinski definition) is 4. The van der Waals surface area contributed by atoms with Crippen molar-refractivity contribution in [2.75, 3.05) is 0 Å². The molecule has 0 aliphatic heterocycles. The monoisotopic (exact) mass is 324 g/mol. The minimum absolute atomic E-state index is 0.113. The third-order valence-corrected chi connectivity index (χ3v) is 3.82. The molecule has 0 rings (SSSR count). The van der Waals surface area contributed by atoms with Gasteiger partial charge >= 0.3 is 5.97 Å². The molecule has 0 bridgehead atoms. The average molecular weight is 325 g/mol. The van der Waals surface area contributed by atoms with Crippen molar-refractivity contribution >= 4 is 5.97 Å². The van der Waals surface area contributed by atoms with Gasteiger partial charge in [0.1, 0.15) is 0 Å². The Morgan fingerprint density at radius 2 is 1.91 bits per heavy atom. The Labute approximate surface area is 142 Å². The summed E-state index contributed by atoms with van der Waals surface area (Å²) in [5.74, 6) is 5.76. The summed E-state index contributed by atoms with van der Waals surface area (Å²) < 4.78 is 5.25. The zero-order chi connectivity index (χ0) is 18.0. The number of carbonyl (C=O) groups is 1. The predicted octanol–water partition coefficient (Wildman–Crippen LogP) is 4.12. The van der Waals surface area contributed by atoms with Crippen molar-refractivity contribution in [1.29, 1.82) is 0 Å². The second-order valence-corrected chi connectivity index (χ2v) is 7.50. The molecule has 0 saturated heterocycles. The fraction of sp³-hybridized carbons (Fsp3) is 0.737. The molecule has 0 aromatic heterocycles. The Balaban J connectivity index is 4.90. The summed E-state index contributed by atoms with van der Waals surface area (Å²) in [5, 5.41) is 0.